The van der Waals surface area contributed by atoms with Crippen LogP contribution in [0.1, 0.15) is 51.4 Å². The van der Waals surface area contributed by atoms with Crippen LogP contribution in [-0.2, 0) is 34.4 Å². The highest BCUT2D eigenvalue weighted by atomic mass is 31.2. The maximum atomic E-state index is 13.6. The zero-order chi connectivity index (χ0) is 28.0. The molecule has 2 saturated heterocycles. The lowest BCUT2D eigenvalue weighted by molar-refractivity contribution is -0.0179. The molecular formula is C24H36N7O8P. The number of imidazole rings is 1. The molecule has 0 radical (unpaired) electrons. The van der Waals surface area contributed by atoms with E-state index in [1.807, 2.05) is 0 Å². The Morgan fingerprint density at radius 2 is 1.48 bits per heavy atom. The number of hydrogen-bond donors (Lipinski definition) is 1. The maximum absolute atomic E-state index is 13.6. The highest BCUT2D eigenvalue weighted by molar-refractivity contribution is 7.53. The Hall–Kier alpha value is -3.00. The van der Waals surface area contributed by atoms with E-state index in [-0.39, 0.29) is 5.95 Å². The highest BCUT2D eigenvalue weighted by Crippen LogP contribution is 2.52. The van der Waals surface area contributed by atoms with Crippen LogP contribution < -0.4 is 5.73 Å². The molecule has 40 heavy (non-hydrogen) atoms. The molecule has 5 rings (SSSR count). The molecule has 0 bridgehead atoms. The van der Waals surface area contributed by atoms with Crippen molar-refractivity contribution in [1.29, 1.82) is 0 Å². The summed E-state index contributed by atoms with van der Waals surface area (Å²) in [6.07, 6.45) is 8.77. The molecule has 220 valence electrons. The number of aromatic nitrogens is 4. The van der Waals surface area contributed by atoms with Crippen LogP contribution in [0.25, 0.3) is 11.2 Å². The van der Waals surface area contributed by atoms with Gasteiger partial charge in [-0.3, -0.25) is 13.6 Å². The lowest BCUT2D eigenvalue weighted by atomic mass is 10.1. The summed E-state index contributed by atoms with van der Waals surface area (Å²) in [6, 6.07) is 0. The number of rotatable bonds is 11. The van der Waals surface area contributed by atoms with Gasteiger partial charge in [0.15, 0.2) is 5.65 Å². The molecule has 2 amide bonds. The largest absolute Gasteiger partial charge is 0.422 e. The normalized spacial score (nSPS) is 19.0. The van der Waals surface area contributed by atoms with Crippen LogP contribution in [0.2, 0.25) is 0 Å². The Balaban J connectivity index is 1.18. The maximum Gasteiger partial charge on any atom is 0.411 e. The van der Waals surface area contributed by atoms with Gasteiger partial charge in [0.2, 0.25) is 19.5 Å². The zero-order valence-corrected chi connectivity index (χ0v) is 23.3. The van der Waals surface area contributed by atoms with Gasteiger partial charge >= 0.3 is 19.8 Å². The first-order chi connectivity index (χ1) is 19.3. The summed E-state index contributed by atoms with van der Waals surface area (Å²) >= 11 is 0. The molecule has 2 aliphatic heterocycles. The number of carbonyl (C=O) groups excluding carboxylic acids is 2. The van der Waals surface area contributed by atoms with E-state index in [0.717, 1.165) is 38.5 Å². The van der Waals surface area contributed by atoms with Gasteiger partial charge in [-0.05, 0) is 51.4 Å². The number of nitrogens with zero attached hydrogens (tertiary/aromatic N) is 6. The minimum Gasteiger partial charge on any atom is -0.422 e. The second-order valence-corrected chi connectivity index (χ2v) is 12.3. The van der Waals surface area contributed by atoms with Crippen molar-refractivity contribution in [3.05, 3.63) is 12.5 Å². The van der Waals surface area contributed by atoms with E-state index in [4.69, 9.17) is 29.0 Å². The van der Waals surface area contributed by atoms with E-state index in [2.05, 4.69) is 15.0 Å². The predicted octanol–water partition coefficient (Wildman–Crippen LogP) is 3.30. The molecule has 2 aromatic rings. The number of hydrogen-bond acceptors (Lipinski definition) is 12. The van der Waals surface area contributed by atoms with Crippen LogP contribution in [0, 0.1) is 0 Å². The van der Waals surface area contributed by atoms with Gasteiger partial charge in [-0.15, -0.1) is 0 Å². The van der Waals surface area contributed by atoms with E-state index in [0.29, 0.717) is 56.7 Å². The molecule has 1 saturated carbocycles. The minimum absolute atomic E-state index is 0.129. The topological polar surface area (TPSA) is 173 Å². The number of carbonyl (C=O) groups is 2. The molecule has 16 heteroatoms. The Kier molecular flexibility index (Phi) is 9.03. The quantitative estimate of drug-likeness (QED) is 0.303. The molecule has 2 aromatic heterocycles. The predicted molar refractivity (Wildman–Crippen MR) is 141 cm³/mol. The SMILES string of the molecule is Nc1ncc2ncn(CC3(OCP(=O)(OCOC(=O)N4CCCCC4)OCOC(=O)N4CCCCC4)CC3)c2n1. The number of likely N-dealkylation sites (tertiary alicyclic amines) is 2. The second-order valence-electron chi connectivity index (χ2n) is 10.3. The summed E-state index contributed by atoms with van der Waals surface area (Å²) in [5.74, 6) is 0.129. The lowest BCUT2D eigenvalue weighted by Gasteiger charge is -2.27. The molecule has 1 aliphatic carbocycles. The number of amides is 2. The van der Waals surface area contributed by atoms with Crippen LogP contribution in [0.5, 0.6) is 0 Å². The molecule has 4 heterocycles. The zero-order valence-electron chi connectivity index (χ0n) is 22.4. The molecule has 15 nitrogen and oxygen atoms in total. The fourth-order valence-electron chi connectivity index (χ4n) is 4.76. The smallest absolute Gasteiger partial charge is 0.411 e. The molecule has 3 fully saturated rings. The average Bonchev–Trinajstić information content (AvgIpc) is 3.64. The van der Waals surface area contributed by atoms with Crippen LogP contribution in [0.15, 0.2) is 12.5 Å². The van der Waals surface area contributed by atoms with Crippen molar-refractivity contribution in [3.8, 4) is 0 Å². The molecule has 2 N–H and O–H groups in total. The molecular weight excluding hydrogens is 545 g/mol. The van der Waals surface area contributed by atoms with Crippen LogP contribution >= 0.6 is 7.60 Å². The molecule has 0 unspecified atom stereocenters. The van der Waals surface area contributed by atoms with Gasteiger partial charge in [0, 0.05) is 26.2 Å². The van der Waals surface area contributed by atoms with E-state index in [1.165, 1.54) is 0 Å². The first-order valence-electron chi connectivity index (χ1n) is 13.6. The summed E-state index contributed by atoms with van der Waals surface area (Å²) in [5.41, 5.74) is 6.24. The number of ether oxygens (including phenoxy) is 3. The van der Waals surface area contributed by atoms with Crippen molar-refractivity contribution >= 4 is 36.9 Å². The molecule has 3 aliphatic rings. The fraction of sp³-hybridized carbons (Fsp3) is 0.708. The van der Waals surface area contributed by atoms with Gasteiger partial charge < -0.3 is 34.3 Å². The number of anilines is 1. The van der Waals surface area contributed by atoms with Crippen LogP contribution in [0.4, 0.5) is 15.5 Å². The molecule has 0 aromatic carbocycles. The lowest BCUT2D eigenvalue weighted by Crippen LogP contribution is -2.36. The number of nitrogen functional groups attached to an aromatic ring is 1. The fourth-order valence-corrected chi connectivity index (χ4v) is 5.84. The summed E-state index contributed by atoms with van der Waals surface area (Å²) < 4.78 is 42.8. The van der Waals surface area contributed by atoms with Gasteiger partial charge in [-0.2, -0.15) is 4.98 Å². The summed E-state index contributed by atoms with van der Waals surface area (Å²) in [5, 5.41) is 0. The summed E-state index contributed by atoms with van der Waals surface area (Å²) in [6.45, 7) is 1.61. The average molecular weight is 582 g/mol. The number of fused-ring (bicyclic) bond motifs is 1. The van der Waals surface area contributed by atoms with Crippen molar-refractivity contribution in [1.82, 2.24) is 29.3 Å². The van der Waals surface area contributed by atoms with Gasteiger partial charge in [0.1, 0.15) is 11.9 Å². The Morgan fingerprint density at radius 3 is 2.02 bits per heavy atom. The standard InChI is InChI=1S/C24H36N7O8P/c25-21-26-13-19-20(28-21)31(15-27-19)14-24(7-8-24)37-18-40(34,38-16-35-22(32)29-9-3-1-4-10-29)39-17-36-23(33)30-11-5-2-6-12-30/h13,15H,1-12,14,16-18H2,(H2,25,26,28). The van der Waals surface area contributed by atoms with Gasteiger partial charge in [-0.25, -0.2) is 19.6 Å². The third-order valence-electron chi connectivity index (χ3n) is 7.26. The third-order valence-corrected chi connectivity index (χ3v) is 8.71. The molecule has 0 spiro atoms. The van der Waals surface area contributed by atoms with Gasteiger partial charge in [0.25, 0.3) is 0 Å². The first kappa shape index (κ1) is 28.5. The van der Waals surface area contributed by atoms with Crippen molar-refractivity contribution in [2.75, 3.05) is 51.8 Å². The Bertz CT molecular complexity index is 1190. The van der Waals surface area contributed by atoms with Gasteiger partial charge in [0.05, 0.1) is 24.7 Å². The number of piperidine rings is 2. The summed E-state index contributed by atoms with van der Waals surface area (Å²) in [4.78, 5) is 40.4. The van der Waals surface area contributed by atoms with E-state index >= 15 is 0 Å². The number of nitrogens with two attached hydrogens (primary N) is 1. The van der Waals surface area contributed by atoms with Gasteiger partial charge in [-0.1, -0.05) is 0 Å². The van der Waals surface area contributed by atoms with Crippen molar-refractivity contribution in [2.45, 2.75) is 63.5 Å². The summed E-state index contributed by atoms with van der Waals surface area (Å²) in [7, 11) is -4.00. The highest BCUT2D eigenvalue weighted by Gasteiger charge is 2.47. The van der Waals surface area contributed by atoms with Crippen molar-refractivity contribution < 1.29 is 37.4 Å². The monoisotopic (exact) mass is 581 g/mol. The van der Waals surface area contributed by atoms with Crippen LogP contribution in [-0.4, -0.2) is 93.2 Å². The van der Waals surface area contributed by atoms with E-state index in [1.54, 1.807) is 26.9 Å². The molecule has 0 atom stereocenters. The van der Waals surface area contributed by atoms with E-state index < -0.39 is 45.3 Å². The third kappa shape index (κ3) is 7.39. The minimum atomic E-state index is -4.00. The van der Waals surface area contributed by atoms with Crippen molar-refractivity contribution in [3.63, 3.8) is 0 Å². The van der Waals surface area contributed by atoms with Crippen molar-refractivity contribution in [2.24, 2.45) is 0 Å². The Labute approximate surface area is 231 Å². The Morgan fingerprint density at radius 1 is 0.900 bits per heavy atom. The first-order valence-corrected chi connectivity index (χ1v) is 15.4. The van der Waals surface area contributed by atoms with Crippen LogP contribution in [0.3, 0.4) is 0 Å². The van der Waals surface area contributed by atoms with E-state index in [9.17, 15) is 14.2 Å². The second kappa shape index (κ2) is 12.7.